The number of nitrogens with two attached hydrogens (primary N) is 3. The number of aliphatic carboxylic acids is 1. The zero-order valence-corrected chi connectivity index (χ0v) is 14.8. The van der Waals surface area contributed by atoms with Gasteiger partial charge in [-0.05, 0) is 11.8 Å². The Morgan fingerprint density at radius 2 is 1.25 bits per heavy atom. The highest BCUT2D eigenvalue weighted by atomic mass is 16.6. The topological polar surface area (TPSA) is 179 Å². The number of carboxylic acid groups (broad SMARTS) is 1. The largest absolute Gasteiger partial charge is 0.480 e. The van der Waals surface area contributed by atoms with E-state index in [-0.39, 0.29) is 11.8 Å². The third-order valence-electron chi connectivity index (χ3n) is 3.77. The predicted molar refractivity (Wildman–Crippen MR) is 88.7 cm³/mol. The Bertz CT molecular complexity index is 379. The molecule has 24 heavy (non-hydrogen) atoms. The minimum absolute atomic E-state index is 0.0184. The first-order valence-electron chi connectivity index (χ1n) is 7.89. The van der Waals surface area contributed by atoms with Crippen LogP contribution in [0.3, 0.4) is 0 Å². The summed E-state index contributed by atoms with van der Waals surface area (Å²) in [6.45, 7) is 7.01. The lowest BCUT2D eigenvalue weighted by molar-refractivity contribution is -0.163. The highest BCUT2D eigenvalue weighted by Gasteiger charge is 2.28. The second-order valence-electron chi connectivity index (χ2n) is 5.69. The number of esters is 2. The Balaban J connectivity index is 0. The number of carbonyl (C=O) groups excluding carboxylic acids is 2. The Labute approximate surface area is 142 Å². The lowest BCUT2D eigenvalue weighted by Gasteiger charge is -2.19. The molecule has 0 unspecified atom stereocenters. The smallest absolute Gasteiger partial charge is 0.330 e. The number of hydrogen-bond donors (Lipinski definition) is 5. The Hall–Kier alpha value is -1.55. The monoisotopic (exact) mass is 349 g/mol. The zero-order chi connectivity index (χ0) is 19.4. The average molecular weight is 349 g/mol. The molecular formula is C15H31N3O6. The second kappa shape index (κ2) is 12.8. The van der Waals surface area contributed by atoms with Crippen molar-refractivity contribution in [3.05, 3.63) is 0 Å². The van der Waals surface area contributed by atoms with Gasteiger partial charge in [-0.1, -0.05) is 40.5 Å². The van der Waals surface area contributed by atoms with E-state index < -0.39 is 42.6 Å². The number of rotatable bonds is 8. The van der Waals surface area contributed by atoms with Crippen molar-refractivity contribution < 1.29 is 29.3 Å². The van der Waals surface area contributed by atoms with E-state index in [9.17, 15) is 14.4 Å². The number of hydrogen-bond acceptors (Lipinski definition) is 8. The van der Waals surface area contributed by atoms with E-state index in [2.05, 4.69) is 0 Å². The quantitative estimate of drug-likeness (QED) is 0.277. The fourth-order valence-electron chi connectivity index (χ4n) is 1.29. The SMILES string of the molecule is CC[C@H](C)[C@H](N)C(=O)OC(=O)[C@@H](N)[C@@H](C)CC.N[C@@H](CO)C(=O)O. The van der Waals surface area contributed by atoms with Gasteiger partial charge in [0, 0.05) is 0 Å². The highest BCUT2D eigenvalue weighted by Crippen LogP contribution is 2.10. The van der Waals surface area contributed by atoms with Crippen LogP contribution in [0.4, 0.5) is 0 Å². The molecule has 8 N–H and O–H groups in total. The fourth-order valence-corrected chi connectivity index (χ4v) is 1.29. The molecule has 0 saturated carbocycles. The number of carbonyl (C=O) groups is 3. The predicted octanol–water partition coefficient (Wildman–Crippen LogP) is -0.806. The minimum Gasteiger partial charge on any atom is -0.480 e. The molecule has 0 aromatic rings. The fraction of sp³-hybridized carbons (Fsp3) is 0.800. The van der Waals surface area contributed by atoms with Crippen molar-refractivity contribution in [1.29, 1.82) is 0 Å². The van der Waals surface area contributed by atoms with E-state index in [1.54, 1.807) is 0 Å². The van der Waals surface area contributed by atoms with E-state index in [1.165, 1.54) is 0 Å². The lowest BCUT2D eigenvalue weighted by Crippen LogP contribution is -2.44. The van der Waals surface area contributed by atoms with Gasteiger partial charge in [0.2, 0.25) is 0 Å². The summed E-state index contributed by atoms with van der Waals surface area (Å²) in [5.41, 5.74) is 16.1. The van der Waals surface area contributed by atoms with Crippen LogP contribution < -0.4 is 17.2 Å². The van der Waals surface area contributed by atoms with Crippen molar-refractivity contribution in [2.45, 2.75) is 58.7 Å². The van der Waals surface area contributed by atoms with Crippen molar-refractivity contribution in [1.82, 2.24) is 0 Å². The summed E-state index contributed by atoms with van der Waals surface area (Å²) in [6.07, 6.45) is 1.50. The van der Waals surface area contributed by atoms with Gasteiger partial charge in [-0.15, -0.1) is 0 Å². The van der Waals surface area contributed by atoms with Crippen molar-refractivity contribution in [2.24, 2.45) is 29.0 Å². The van der Waals surface area contributed by atoms with Gasteiger partial charge in [-0.3, -0.25) is 4.79 Å². The molecule has 9 heteroatoms. The summed E-state index contributed by atoms with van der Waals surface area (Å²) in [5, 5.41) is 15.9. The molecule has 0 rings (SSSR count). The molecule has 9 nitrogen and oxygen atoms in total. The molecule has 142 valence electrons. The highest BCUT2D eigenvalue weighted by molar-refractivity contribution is 5.90. The van der Waals surface area contributed by atoms with Crippen molar-refractivity contribution >= 4 is 17.9 Å². The molecule has 0 fully saturated rings. The number of aliphatic hydroxyl groups excluding tert-OH is 1. The van der Waals surface area contributed by atoms with Gasteiger partial charge < -0.3 is 32.2 Å². The van der Waals surface area contributed by atoms with E-state index in [4.69, 9.17) is 32.2 Å². The Morgan fingerprint density at radius 1 is 0.917 bits per heavy atom. The summed E-state index contributed by atoms with van der Waals surface area (Å²) in [6, 6.07) is -2.67. The molecule has 5 atom stereocenters. The van der Waals surface area contributed by atoms with Gasteiger partial charge >= 0.3 is 17.9 Å². The first-order valence-corrected chi connectivity index (χ1v) is 7.89. The van der Waals surface area contributed by atoms with Crippen LogP contribution in [0.25, 0.3) is 0 Å². The van der Waals surface area contributed by atoms with Crippen LogP contribution in [-0.2, 0) is 19.1 Å². The molecule has 0 aliphatic carbocycles. The van der Waals surface area contributed by atoms with Crippen molar-refractivity contribution in [3.8, 4) is 0 Å². The maximum Gasteiger partial charge on any atom is 0.330 e. The van der Waals surface area contributed by atoms with Crippen LogP contribution in [0.1, 0.15) is 40.5 Å². The molecular weight excluding hydrogens is 318 g/mol. The normalized spacial score (nSPS) is 16.7. The summed E-state index contributed by atoms with van der Waals surface area (Å²) >= 11 is 0. The van der Waals surface area contributed by atoms with Crippen LogP contribution >= 0.6 is 0 Å². The number of ether oxygens (including phenoxy) is 1. The molecule has 0 aromatic carbocycles. The summed E-state index contributed by atoms with van der Waals surface area (Å²) in [7, 11) is 0. The van der Waals surface area contributed by atoms with Gasteiger partial charge in [-0.2, -0.15) is 0 Å². The maximum absolute atomic E-state index is 11.5. The van der Waals surface area contributed by atoms with Crippen LogP contribution in [0.15, 0.2) is 0 Å². The molecule has 0 aliphatic rings. The van der Waals surface area contributed by atoms with Crippen molar-refractivity contribution in [3.63, 3.8) is 0 Å². The van der Waals surface area contributed by atoms with Crippen molar-refractivity contribution in [2.75, 3.05) is 6.61 Å². The summed E-state index contributed by atoms with van der Waals surface area (Å²) in [5.74, 6) is -2.60. The van der Waals surface area contributed by atoms with Crippen LogP contribution in [0.2, 0.25) is 0 Å². The average Bonchev–Trinajstić information content (AvgIpc) is 2.58. The molecule has 0 saturated heterocycles. The van der Waals surface area contributed by atoms with Crippen LogP contribution in [0, 0.1) is 11.8 Å². The zero-order valence-electron chi connectivity index (χ0n) is 14.8. The van der Waals surface area contributed by atoms with Gasteiger partial charge in [0.25, 0.3) is 0 Å². The molecule has 0 radical (unpaired) electrons. The molecule has 0 amide bonds. The second-order valence-corrected chi connectivity index (χ2v) is 5.69. The van der Waals surface area contributed by atoms with Crippen LogP contribution in [-0.4, -0.2) is 52.9 Å². The Kier molecular flexibility index (Phi) is 13.2. The van der Waals surface area contributed by atoms with E-state index in [1.807, 2.05) is 27.7 Å². The summed E-state index contributed by atoms with van der Waals surface area (Å²) < 4.78 is 4.69. The first-order chi connectivity index (χ1) is 11.0. The minimum atomic E-state index is -1.18. The van der Waals surface area contributed by atoms with Crippen LogP contribution in [0.5, 0.6) is 0 Å². The van der Waals surface area contributed by atoms with E-state index in [0.717, 1.165) is 12.8 Å². The molecule has 0 aromatic heterocycles. The third-order valence-corrected chi connectivity index (χ3v) is 3.77. The Morgan fingerprint density at radius 3 is 1.42 bits per heavy atom. The number of carboxylic acids is 1. The lowest BCUT2D eigenvalue weighted by atomic mass is 9.99. The molecule has 0 aliphatic heterocycles. The van der Waals surface area contributed by atoms with Gasteiger partial charge in [0.05, 0.1) is 6.61 Å². The molecule has 0 bridgehead atoms. The van der Waals surface area contributed by atoms with E-state index in [0.29, 0.717) is 0 Å². The van der Waals surface area contributed by atoms with Gasteiger partial charge in [0.1, 0.15) is 18.1 Å². The molecule has 0 spiro atoms. The van der Waals surface area contributed by atoms with Gasteiger partial charge in [0.15, 0.2) is 0 Å². The van der Waals surface area contributed by atoms with E-state index >= 15 is 0 Å². The first kappa shape index (κ1) is 24.7. The third kappa shape index (κ3) is 9.56. The molecule has 0 heterocycles. The van der Waals surface area contributed by atoms with Gasteiger partial charge in [-0.25, -0.2) is 9.59 Å². The summed E-state index contributed by atoms with van der Waals surface area (Å²) in [4.78, 5) is 32.7. The standard InChI is InChI=1S/C12H24N2O3.C3H7NO3/c1-5-7(3)9(13)11(15)17-12(16)10(14)8(4)6-2;4-2(1-5)3(6)7/h7-10H,5-6,13-14H2,1-4H3;2,5H,1,4H2,(H,6,7)/t7-,8-,9-,10-;2-/m00/s1. The maximum atomic E-state index is 11.5. The number of aliphatic hydroxyl groups is 1.